The lowest BCUT2D eigenvalue weighted by Gasteiger charge is -2.17. The number of phenols is 1. The zero-order chi connectivity index (χ0) is 13.0. The third-order valence-corrected chi connectivity index (χ3v) is 3.51. The Morgan fingerprint density at radius 2 is 2.33 bits per heavy atom. The van der Waals surface area contributed by atoms with Gasteiger partial charge in [-0.2, -0.15) is 0 Å². The maximum absolute atomic E-state index is 13.0. The van der Waals surface area contributed by atoms with Gasteiger partial charge in [0.1, 0.15) is 11.6 Å². The molecule has 100 valence electrons. The normalized spacial score (nSPS) is 23.4. The number of halogens is 1. The first-order valence-corrected chi connectivity index (χ1v) is 6.50. The van der Waals surface area contributed by atoms with Crippen molar-refractivity contribution in [3.8, 4) is 5.75 Å². The average Bonchev–Trinajstić information content (AvgIpc) is 2.81. The molecule has 2 unspecified atom stereocenters. The Balaban J connectivity index is 1.83. The molecule has 1 saturated heterocycles. The summed E-state index contributed by atoms with van der Waals surface area (Å²) in [5, 5.41) is 12.9. The molecule has 18 heavy (non-hydrogen) atoms. The highest BCUT2D eigenvalue weighted by Crippen LogP contribution is 2.23. The fourth-order valence-electron chi connectivity index (χ4n) is 2.47. The number of rotatable bonds is 5. The van der Waals surface area contributed by atoms with Gasteiger partial charge >= 0.3 is 0 Å². The molecule has 0 saturated carbocycles. The maximum atomic E-state index is 13.0. The van der Waals surface area contributed by atoms with Crippen molar-refractivity contribution in [1.82, 2.24) is 5.32 Å². The van der Waals surface area contributed by atoms with Crippen molar-refractivity contribution in [3.05, 3.63) is 29.6 Å². The third kappa shape index (κ3) is 3.21. The van der Waals surface area contributed by atoms with Crippen molar-refractivity contribution in [2.24, 2.45) is 5.92 Å². The number of ether oxygens (including phenoxy) is 1. The van der Waals surface area contributed by atoms with Gasteiger partial charge in [-0.15, -0.1) is 0 Å². The van der Waals surface area contributed by atoms with Gasteiger partial charge < -0.3 is 15.2 Å². The predicted molar refractivity (Wildman–Crippen MR) is 67.9 cm³/mol. The van der Waals surface area contributed by atoms with Crippen LogP contribution in [-0.4, -0.2) is 24.4 Å². The zero-order valence-corrected chi connectivity index (χ0v) is 10.7. The van der Waals surface area contributed by atoms with Gasteiger partial charge in [-0.25, -0.2) is 4.39 Å². The van der Waals surface area contributed by atoms with Crippen LogP contribution in [-0.2, 0) is 11.3 Å². The summed E-state index contributed by atoms with van der Waals surface area (Å²) in [5.41, 5.74) is 0.599. The van der Waals surface area contributed by atoms with Crippen LogP contribution in [0, 0.1) is 11.7 Å². The molecular weight excluding hydrogens is 233 g/mol. The van der Waals surface area contributed by atoms with Crippen molar-refractivity contribution in [3.63, 3.8) is 0 Å². The quantitative estimate of drug-likeness (QED) is 0.847. The topological polar surface area (TPSA) is 41.5 Å². The summed E-state index contributed by atoms with van der Waals surface area (Å²) in [4.78, 5) is 0. The van der Waals surface area contributed by atoms with Crippen molar-refractivity contribution >= 4 is 0 Å². The van der Waals surface area contributed by atoms with Crippen LogP contribution < -0.4 is 5.32 Å². The molecule has 0 spiro atoms. The summed E-state index contributed by atoms with van der Waals surface area (Å²) in [6.07, 6.45) is 2.43. The monoisotopic (exact) mass is 253 g/mol. The molecule has 0 radical (unpaired) electrons. The van der Waals surface area contributed by atoms with Crippen LogP contribution in [0.1, 0.15) is 25.3 Å². The molecule has 2 atom stereocenters. The van der Waals surface area contributed by atoms with Gasteiger partial charge in [-0.05, 0) is 37.0 Å². The Hall–Kier alpha value is -1.13. The Kier molecular flexibility index (Phi) is 4.55. The average molecular weight is 253 g/mol. The van der Waals surface area contributed by atoms with Crippen LogP contribution in [0.3, 0.4) is 0 Å². The van der Waals surface area contributed by atoms with Crippen molar-refractivity contribution < 1.29 is 14.2 Å². The molecule has 1 aliphatic heterocycles. The number of phenolic OH excluding ortho intramolecular Hbond substituents is 1. The van der Waals surface area contributed by atoms with E-state index in [0.29, 0.717) is 24.1 Å². The Labute approximate surface area is 107 Å². The molecule has 2 rings (SSSR count). The highest BCUT2D eigenvalue weighted by atomic mass is 19.1. The molecule has 1 heterocycles. The molecule has 1 aromatic rings. The van der Waals surface area contributed by atoms with Crippen LogP contribution in [0.5, 0.6) is 5.75 Å². The fourth-order valence-corrected chi connectivity index (χ4v) is 2.47. The van der Waals surface area contributed by atoms with Gasteiger partial charge in [0.05, 0.1) is 6.10 Å². The van der Waals surface area contributed by atoms with Crippen molar-refractivity contribution in [2.45, 2.75) is 32.4 Å². The minimum atomic E-state index is -0.319. The summed E-state index contributed by atoms with van der Waals surface area (Å²) >= 11 is 0. The molecule has 0 bridgehead atoms. The Morgan fingerprint density at radius 3 is 3.11 bits per heavy atom. The van der Waals surface area contributed by atoms with Gasteiger partial charge in [-0.1, -0.05) is 6.92 Å². The summed E-state index contributed by atoms with van der Waals surface area (Å²) < 4.78 is 18.6. The number of aromatic hydroxyl groups is 1. The Bertz CT molecular complexity index is 397. The van der Waals surface area contributed by atoms with E-state index in [1.807, 2.05) is 0 Å². The maximum Gasteiger partial charge on any atom is 0.123 e. The van der Waals surface area contributed by atoms with Gasteiger partial charge in [0.2, 0.25) is 0 Å². The lowest BCUT2D eigenvalue weighted by molar-refractivity contribution is 0.0872. The summed E-state index contributed by atoms with van der Waals surface area (Å²) in [5.74, 6) is 0.338. The summed E-state index contributed by atoms with van der Waals surface area (Å²) in [7, 11) is 0. The summed E-state index contributed by atoms with van der Waals surface area (Å²) in [6, 6.07) is 4.02. The standard InChI is InChI=1S/C14H20FNO2/c1-2-14-10(5-6-18-14)8-16-9-11-7-12(15)3-4-13(11)17/h3-4,7,10,14,16-17H,2,5-6,8-9H2,1H3. The van der Waals surface area contributed by atoms with E-state index >= 15 is 0 Å². The van der Waals surface area contributed by atoms with E-state index in [0.717, 1.165) is 26.0 Å². The van der Waals surface area contributed by atoms with E-state index in [-0.39, 0.29) is 11.6 Å². The number of benzene rings is 1. The SMILES string of the molecule is CCC1OCCC1CNCc1cc(F)ccc1O. The minimum Gasteiger partial charge on any atom is -0.508 e. The second kappa shape index (κ2) is 6.16. The Morgan fingerprint density at radius 1 is 1.50 bits per heavy atom. The third-order valence-electron chi connectivity index (χ3n) is 3.51. The summed E-state index contributed by atoms with van der Waals surface area (Å²) in [6.45, 7) is 4.28. The molecule has 3 nitrogen and oxygen atoms in total. The molecule has 1 fully saturated rings. The minimum absolute atomic E-state index is 0.138. The van der Waals surface area contributed by atoms with Crippen molar-refractivity contribution in [1.29, 1.82) is 0 Å². The predicted octanol–water partition coefficient (Wildman–Crippen LogP) is 2.44. The molecular formula is C14H20FNO2. The van der Waals surface area contributed by atoms with E-state index in [1.54, 1.807) is 0 Å². The van der Waals surface area contributed by atoms with E-state index in [9.17, 15) is 9.50 Å². The number of hydrogen-bond donors (Lipinski definition) is 2. The van der Waals surface area contributed by atoms with Gasteiger partial charge in [0, 0.05) is 25.3 Å². The largest absolute Gasteiger partial charge is 0.508 e. The fraction of sp³-hybridized carbons (Fsp3) is 0.571. The molecule has 1 aliphatic rings. The molecule has 0 aromatic heterocycles. The first kappa shape index (κ1) is 13.3. The number of nitrogens with one attached hydrogen (secondary N) is 1. The van der Waals surface area contributed by atoms with E-state index in [4.69, 9.17) is 4.74 Å². The first-order valence-electron chi connectivity index (χ1n) is 6.50. The lowest BCUT2D eigenvalue weighted by Crippen LogP contribution is -2.28. The smallest absolute Gasteiger partial charge is 0.123 e. The van der Waals surface area contributed by atoms with Crippen LogP contribution in [0.2, 0.25) is 0 Å². The molecule has 4 heteroatoms. The molecule has 1 aromatic carbocycles. The first-order chi connectivity index (χ1) is 8.70. The number of hydrogen-bond acceptors (Lipinski definition) is 3. The zero-order valence-electron chi connectivity index (χ0n) is 10.7. The van der Waals surface area contributed by atoms with Gasteiger partial charge in [-0.3, -0.25) is 0 Å². The molecule has 2 N–H and O–H groups in total. The van der Waals surface area contributed by atoms with Crippen LogP contribution in [0.15, 0.2) is 18.2 Å². The second-order valence-electron chi connectivity index (χ2n) is 4.77. The van der Waals surface area contributed by atoms with Crippen LogP contribution in [0.25, 0.3) is 0 Å². The molecule has 0 amide bonds. The van der Waals surface area contributed by atoms with Crippen molar-refractivity contribution in [2.75, 3.05) is 13.2 Å². The van der Waals surface area contributed by atoms with Gasteiger partial charge in [0.25, 0.3) is 0 Å². The van der Waals surface area contributed by atoms with E-state index < -0.39 is 0 Å². The van der Waals surface area contributed by atoms with Crippen LogP contribution in [0.4, 0.5) is 4.39 Å². The van der Waals surface area contributed by atoms with Gasteiger partial charge in [0.15, 0.2) is 0 Å². The highest BCUT2D eigenvalue weighted by Gasteiger charge is 2.25. The highest BCUT2D eigenvalue weighted by molar-refractivity contribution is 5.32. The van der Waals surface area contributed by atoms with Crippen LogP contribution >= 0.6 is 0 Å². The second-order valence-corrected chi connectivity index (χ2v) is 4.77. The van der Waals surface area contributed by atoms with E-state index in [1.165, 1.54) is 18.2 Å². The lowest BCUT2D eigenvalue weighted by atomic mass is 9.99. The molecule has 0 aliphatic carbocycles. The van der Waals surface area contributed by atoms with E-state index in [2.05, 4.69) is 12.2 Å².